The minimum Gasteiger partial charge on any atom is -0.309 e. The van der Waals surface area contributed by atoms with Gasteiger partial charge in [0.05, 0.1) is 40.5 Å². The van der Waals surface area contributed by atoms with Crippen molar-refractivity contribution in [2.75, 3.05) is 0 Å². The van der Waals surface area contributed by atoms with Crippen molar-refractivity contribution in [1.82, 2.24) is 14.1 Å². The first kappa shape index (κ1) is 22.3. The molecule has 0 saturated carbocycles. The monoisotopic (exact) mass is 510 g/mol. The number of para-hydroxylation sites is 4. The first-order chi connectivity index (χ1) is 19.8. The number of aromatic nitrogens is 3. The van der Waals surface area contributed by atoms with E-state index in [1.165, 1.54) is 21.5 Å². The second-order valence-electron chi connectivity index (χ2n) is 9.98. The van der Waals surface area contributed by atoms with Crippen molar-refractivity contribution in [3.63, 3.8) is 0 Å². The minimum atomic E-state index is 0.602. The van der Waals surface area contributed by atoms with Crippen LogP contribution in [0.5, 0.6) is 0 Å². The second kappa shape index (κ2) is 8.69. The standard InChI is InChI=1S/C36H22N4/c1-37-32-19-18-25(39-33-14-6-2-10-27(33)28-11-3-7-15-34(28)39)21-31(32)24-20-26(23-38-22-24)40-35-16-8-4-12-29(35)30-13-5-9-17-36(30)40/h2-23H. The highest BCUT2D eigenvalue weighted by Gasteiger charge is 2.16. The molecule has 8 aromatic rings. The molecule has 3 aromatic heterocycles. The highest BCUT2D eigenvalue weighted by atomic mass is 15.0. The molecule has 0 unspecified atom stereocenters. The van der Waals surface area contributed by atoms with Crippen LogP contribution in [0.2, 0.25) is 0 Å². The molecule has 0 aliphatic rings. The maximum atomic E-state index is 7.94. The van der Waals surface area contributed by atoms with E-state index in [4.69, 9.17) is 6.57 Å². The van der Waals surface area contributed by atoms with Crippen LogP contribution >= 0.6 is 0 Å². The van der Waals surface area contributed by atoms with E-state index in [1.807, 2.05) is 24.5 Å². The van der Waals surface area contributed by atoms with Gasteiger partial charge in [-0.15, -0.1) is 0 Å². The zero-order valence-corrected chi connectivity index (χ0v) is 21.5. The van der Waals surface area contributed by atoms with Crippen LogP contribution in [0.15, 0.2) is 134 Å². The highest BCUT2D eigenvalue weighted by Crippen LogP contribution is 2.38. The van der Waals surface area contributed by atoms with Crippen LogP contribution in [0, 0.1) is 6.57 Å². The third-order valence-electron chi connectivity index (χ3n) is 7.81. The van der Waals surface area contributed by atoms with Crippen LogP contribution < -0.4 is 0 Å². The minimum absolute atomic E-state index is 0.602. The molecule has 0 spiro atoms. The Hall–Kier alpha value is -5.66. The van der Waals surface area contributed by atoms with Crippen molar-refractivity contribution in [1.29, 1.82) is 0 Å². The number of hydrogen-bond donors (Lipinski definition) is 0. The van der Waals surface area contributed by atoms with Gasteiger partial charge in [-0.3, -0.25) is 4.98 Å². The fourth-order valence-electron chi connectivity index (χ4n) is 6.09. The summed E-state index contributed by atoms with van der Waals surface area (Å²) >= 11 is 0. The van der Waals surface area contributed by atoms with Crippen molar-refractivity contribution in [3.8, 4) is 22.5 Å². The summed E-state index contributed by atoms with van der Waals surface area (Å²) in [7, 11) is 0. The van der Waals surface area contributed by atoms with Gasteiger partial charge in [-0.2, -0.15) is 0 Å². The fraction of sp³-hybridized carbons (Fsp3) is 0. The summed E-state index contributed by atoms with van der Waals surface area (Å²) in [4.78, 5) is 8.56. The molecule has 0 radical (unpaired) electrons. The van der Waals surface area contributed by atoms with Crippen LogP contribution in [0.25, 0.3) is 71.0 Å². The van der Waals surface area contributed by atoms with Gasteiger partial charge in [0.2, 0.25) is 0 Å². The molecule has 0 aliphatic heterocycles. The van der Waals surface area contributed by atoms with Crippen molar-refractivity contribution < 1.29 is 0 Å². The third kappa shape index (κ3) is 3.22. The van der Waals surface area contributed by atoms with Crippen LogP contribution in [-0.4, -0.2) is 14.1 Å². The SMILES string of the molecule is [C-]#[N+]c1ccc(-n2c3ccccc3c3ccccc32)cc1-c1cncc(-n2c3ccccc3c3ccccc32)c1. The van der Waals surface area contributed by atoms with E-state index in [9.17, 15) is 0 Å². The van der Waals surface area contributed by atoms with Crippen LogP contribution in [0.3, 0.4) is 0 Å². The summed E-state index contributed by atoms with van der Waals surface area (Å²) in [6.07, 6.45) is 3.76. The second-order valence-corrected chi connectivity index (χ2v) is 9.98. The van der Waals surface area contributed by atoms with Crippen molar-refractivity contribution >= 4 is 49.3 Å². The van der Waals surface area contributed by atoms with Gasteiger partial charge in [0, 0.05) is 33.4 Å². The molecular weight excluding hydrogens is 488 g/mol. The van der Waals surface area contributed by atoms with Gasteiger partial charge in [0.25, 0.3) is 0 Å². The van der Waals surface area contributed by atoms with Gasteiger partial charge in [0.15, 0.2) is 5.69 Å². The predicted molar refractivity (Wildman–Crippen MR) is 165 cm³/mol. The average molecular weight is 511 g/mol. The Bertz CT molecular complexity index is 2190. The molecule has 0 saturated heterocycles. The molecule has 40 heavy (non-hydrogen) atoms. The van der Waals surface area contributed by atoms with Gasteiger partial charge in [-0.25, -0.2) is 4.85 Å². The summed E-state index contributed by atoms with van der Waals surface area (Å²) in [5.41, 5.74) is 8.90. The number of hydrogen-bond acceptors (Lipinski definition) is 1. The van der Waals surface area contributed by atoms with E-state index in [2.05, 4.69) is 128 Å². The number of rotatable bonds is 3. The van der Waals surface area contributed by atoms with Crippen LogP contribution in [0.1, 0.15) is 0 Å². The first-order valence-electron chi connectivity index (χ1n) is 13.3. The van der Waals surface area contributed by atoms with E-state index >= 15 is 0 Å². The van der Waals surface area contributed by atoms with Gasteiger partial charge >= 0.3 is 0 Å². The molecule has 8 rings (SSSR count). The summed E-state index contributed by atoms with van der Waals surface area (Å²) < 4.78 is 4.54. The molecule has 0 atom stereocenters. The zero-order valence-electron chi connectivity index (χ0n) is 21.5. The summed E-state index contributed by atoms with van der Waals surface area (Å²) in [5, 5.41) is 4.84. The Labute approximate surface area is 230 Å². The van der Waals surface area contributed by atoms with Crippen molar-refractivity contribution in [2.45, 2.75) is 0 Å². The fourth-order valence-corrected chi connectivity index (χ4v) is 6.09. The molecule has 4 nitrogen and oxygen atoms in total. The molecule has 0 amide bonds. The largest absolute Gasteiger partial charge is 0.309 e. The lowest BCUT2D eigenvalue weighted by atomic mass is 10.0. The smallest absolute Gasteiger partial charge is 0.195 e. The lowest BCUT2D eigenvalue weighted by Gasteiger charge is -2.13. The lowest BCUT2D eigenvalue weighted by Crippen LogP contribution is -1.97. The number of fused-ring (bicyclic) bond motifs is 6. The Morgan fingerprint density at radius 1 is 0.500 bits per heavy atom. The van der Waals surface area contributed by atoms with E-state index in [-0.39, 0.29) is 0 Å². The zero-order chi connectivity index (χ0) is 26.6. The first-order valence-corrected chi connectivity index (χ1v) is 13.3. The third-order valence-corrected chi connectivity index (χ3v) is 7.81. The molecule has 0 N–H and O–H groups in total. The number of pyridine rings is 1. The summed E-state index contributed by atoms with van der Waals surface area (Å²) in [6.45, 7) is 7.94. The van der Waals surface area contributed by atoms with E-state index in [0.29, 0.717) is 5.69 Å². The molecule has 0 aliphatic carbocycles. The molecule has 0 fully saturated rings. The summed E-state index contributed by atoms with van der Waals surface area (Å²) in [5.74, 6) is 0. The Morgan fingerprint density at radius 3 is 1.48 bits per heavy atom. The number of nitrogens with zero attached hydrogens (tertiary/aromatic N) is 4. The molecule has 4 heteroatoms. The quantitative estimate of drug-likeness (QED) is 0.217. The molecular formula is C36H22N4. The topological polar surface area (TPSA) is 27.1 Å². The Kier molecular flexibility index (Phi) is 4.85. The molecule has 3 heterocycles. The maximum Gasteiger partial charge on any atom is 0.195 e. The Balaban J connectivity index is 1.36. The normalized spacial score (nSPS) is 11.5. The molecule has 186 valence electrons. The predicted octanol–water partition coefficient (Wildman–Crippen LogP) is 9.49. The van der Waals surface area contributed by atoms with Crippen molar-refractivity contribution in [3.05, 3.63) is 145 Å². The van der Waals surface area contributed by atoms with Crippen LogP contribution in [-0.2, 0) is 0 Å². The van der Waals surface area contributed by atoms with Gasteiger partial charge in [0.1, 0.15) is 0 Å². The van der Waals surface area contributed by atoms with Gasteiger partial charge in [-0.1, -0.05) is 78.9 Å². The summed E-state index contributed by atoms with van der Waals surface area (Å²) in [6, 6.07) is 42.1. The Morgan fingerprint density at radius 2 is 0.975 bits per heavy atom. The maximum absolute atomic E-state index is 7.94. The van der Waals surface area contributed by atoms with Gasteiger partial charge < -0.3 is 9.13 Å². The molecule has 0 bridgehead atoms. The average Bonchev–Trinajstić information content (AvgIpc) is 3.54. The highest BCUT2D eigenvalue weighted by molar-refractivity contribution is 6.10. The number of benzene rings is 5. The van der Waals surface area contributed by atoms with Crippen molar-refractivity contribution in [2.24, 2.45) is 0 Å². The molecule has 5 aromatic carbocycles. The van der Waals surface area contributed by atoms with Crippen LogP contribution in [0.4, 0.5) is 5.69 Å². The van der Waals surface area contributed by atoms with E-state index < -0.39 is 0 Å². The van der Waals surface area contributed by atoms with E-state index in [1.54, 1.807) is 0 Å². The lowest BCUT2D eigenvalue weighted by molar-refractivity contribution is 1.14. The van der Waals surface area contributed by atoms with E-state index in [0.717, 1.165) is 44.6 Å². The van der Waals surface area contributed by atoms with Gasteiger partial charge in [-0.05, 0) is 53.6 Å².